The maximum atomic E-state index is 12.8. The van der Waals surface area contributed by atoms with Gasteiger partial charge in [-0.15, -0.1) is 0 Å². The van der Waals surface area contributed by atoms with E-state index in [2.05, 4.69) is 69.4 Å². The van der Waals surface area contributed by atoms with Crippen LogP contribution in [-0.2, 0) is 28.6 Å². The average molecular weight is 911 g/mol. The SMILES string of the molecule is CCCCC/C=C\C/C=C\C/C=C\CCCCCCC(=O)OC[C@H](COC(=O)CCCCCCCCC/C=C\CCCCCC)OC(=O)CCCCCCCCCCCCCCCCC. The van der Waals surface area contributed by atoms with E-state index in [1.807, 2.05) is 0 Å². The standard InChI is InChI=1S/C59H106O6/c1-4-7-10-13-16-19-22-25-28-29-32-34-37-40-43-46-49-52-58(61)64-55-56(65-59(62)53-50-47-44-41-38-35-31-27-24-21-18-15-12-9-6-3)54-63-57(60)51-48-45-42-39-36-33-30-26-23-20-17-14-11-8-5-2/h16,19-20,23,25,28,32,34,56H,4-15,17-18,21-22,24,26-27,29-31,33,35-55H2,1-3H3/b19-16-,23-20-,28-25-,34-32-/t56-/m0/s1. The number of unbranched alkanes of at least 4 members (excludes halogenated alkanes) is 32. The van der Waals surface area contributed by atoms with Crippen LogP contribution in [0.15, 0.2) is 48.6 Å². The van der Waals surface area contributed by atoms with Gasteiger partial charge in [0.1, 0.15) is 13.2 Å². The fraction of sp³-hybridized carbons (Fsp3) is 0.814. The minimum absolute atomic E-state index is 0.0800. The number of ether oxygens (including phenoxy) is 3. The molecule has 0 aromatic carbocycles. The van der Waals surface area contributed by atoms with Crippen LogP contribution in [0.3, 0.4) is 0 Å². The summed E-state index contributed by atoms with van der Waals surface area (Å²) in [5.74, 6) is -0.893. The van der Waals surface area contributed by atoms with Crippen LogP contribution in [0.2, 0.25) is 0 Å². The Labute approximate surface area is 403 Å². The number of carbonyl (C=O) groups is 3. The number of carbonyl (C=O) groups excluding carboxylic acids is 3. The predicted octanol–water partition coefficient (Wildman–Crippen LogP) is 18.7. The third-order valence-electron chi connectivity index (χ3n) is 12.3. The highest BCUT2D eigenvalue weighted by molar-refractivity contribution is 5.71. The lowest BCUT2D eigenvalue weighted by molar-refractivity contribution is -0.167. The summed E-state index contributed by atoms with van der Waals surface area (Å²) in [5, 5.41) is 0. The Balaban J connectivity index is 4.40. The van der Waals surface area contributed by atoms with Crippen molar-refractivity contribution in [2.24, 2.45) is 0 Å². The molecule has 0 rings (SSSR count). The normalized spacial score (nSPS) is 12.4. The fourth-order valence-electron chi connectivity index (χ4n) is 8.03. The maximum absolute atomic E-state index is 12.8. The van der Waals surface area contributed by atoms with Crippen molar-refractivity contribution in [3.05, 3.63) is 48.6 Å². The van der Waals surface area contributed by atoms with E-state index >= 15 is 0 Å². The van der Waals surface area contributed by atoms with Crippen LogP contribution in [0, 0.1) is 0 Å². The van der Waals surface area contributed by atoms with Crippen molar-refractivity contribution in [3.8, 4) is 0 Å². The van der Waals surface area contributed by atoms with Gasteiger partial charge < -0.3 is 14.2 Å². The molecule has 0 aliphatic heterocycles. The average Bonchev–Trinajstić information content (AvgIpc) is 3.30. The monoisotopic (exact) mass is 911 g/mol. The Hall–Kier alpha value is -2.63. The minimum atomic E-state index is -0.781. The predicted molar refractivity (Wildman–Crippen MR) is 279 cm³/mol. The number of allylic oxidation sites excluding steroid dienone is 8. The highest BCUT2D eigenvalue weighted by Crippen LogP contribution is 2.16. The van der Waals surface area contributed by atoms with Crippen molar-refractivity contribution in [1.82, 2.24) is 0 Å². The van der Waals surface area contributed by atoms with E-state index in [0.717, 1.165) is 83.5 Å². The molecule has 1 atom stereocenters. The summed E-state index contributed by atoms with van der Waals surface area (Å²) in [6.07, 6.45) is 65.2. The van der Waals surface area contributed by atoms with E-state index < -0.39 is 6.10 Å². The topological polar surface area (TPSA) is 78.9 Å². The van der Waals surface area contributed by atoms with Gasteiger partial charge in [0.15, 0.2) is 6.10 Å². The summed E-state index contributed by atoms with van der Waals surface area (Å²) in [6.45, 7) is 6.61. The van der Waals surface area contributed by atoms with Crippen LogP contribution in [0.5, 0.6) is 0 Å². The molecule has 6 heteroatoms. The second-order valence-corrected chi connectivity index (χ2v) is 18.8. The lowest BCUT2D eigenvalue weighted by Crippen LogP contribution is -2.30. The molecule has 0 spiro atoms. The largest absolute Gasteiger partial charge is 0.462 e. The van der Waals surface area contributed by atoms with E-state index in [4.69, 9.17) is 14.2 Å². The fourth-order valence-corrected chi connectivity index (χ4v) is 8.03. The van der Waals surface area contributed by atoms with Crippen molar-refractivity contribution >= 4 is 17.9 Å². The molecule has 0 radical (unpaired) electrons. The Morgan fingerprint density at radius 2 is 0.554 bits per heavy atom. The molecule has 6 nitrogen and oxygen atoms in total. The molecule has 0 fully saturated rings. The molecule has 0 aromatic heterocycles. The summed E-state index contributed by atoms with van der Waals surface area (Å²) < 4.78 is 16.8. The van der Waals surface area contributed by atoms with E-state index in [1.165, 1.54) is 167 Å². The quantitative estimate of drug-likeness (QED) is 0.0262. The number of hydrogen-bond acceptors (Lipinski definition) is 6. The lowest BCUT2D eigenvalue weighted by atomic mass is 10.0. The molecule has 65 heavy (non-hydrogen) atoms. The first-order valence-corrected chi connectivity index (χ1v) is 28.1. The molecule has 0 saturated heterocycles. The first kappa shape index (κ1) is 62.4. The van der Waals surface area contributed by atoms with E-state index in [1.54, 1.807) is 0 Å². The van der Waals surface area contributed by atoms with Crippen LogP contribution in [0.25, 0.3) is 0 Å². The third-order valence-corrected chi connectivity index (χ3v) is 12.3. The van der Waals surface area contributed by atoms with Crippen molar-refractivity contribution < 1.29 is 28.6 Å². The van der Waals surface area contributed by atoms with E-state index in [-0.39, 0.29) is 31.1 Å². The third kappa shape index (κ3) is 52.2. The summed E-state index contributed by atoms with van der Waals surface area (Å²) in [4.78, 5) is 38.1. The lowest BCUT2D eigenvalue weighted by Gasteiger charge is -2.18. The highest BCUT2D eigenvalue weighted by Gasteiger charge is 2.19. The van der Waals surface area contributed by atoms with E-state index in [0.29, 0.717) is 19.3 Å². The first-order valence-electron chi connectivity index (χ1n) is 28.1. The Morgan fingerprint density at radius 3 is 0.923 bits per heavy atom. The zero-order chi connectivity index (χ0) is 47.2. The second kappa shape index (κ2) is 54.0. The van der Waals surface area contributed by atoms with Crippen LogP contribution in [-0.4, -0.2) is 37.2 Å². The zero-order valence-corrected chi connectivity index (χ0v) is 43.3. The maximum Gasteiger partial charge on any atom is 0.306 e. The Kier molecular flexibility index (Phi) is 51.8. The highest BCUT2D eigenvalue weighted by atomic mass is 16.6. The number of rotatable bonds is 51. The van der Waals surface area contributed by atoms with Gasteiger partial charge in [-0.25, -0.2) is 0 Å². The van der Waals surface area contributed by atoms with Gasteiger partial charge in [0.2, 0.25) is 0 Å². The van der Waals surface area contributed by atoms with Gasteiger partial charge in [-0.2, -0.15) is 0 Å². The van der Waals surface area contributed by atoms with Crippen LogP contribution >= 0.6 is 0 Å². The van der Waals surface area contributed by atoms with E-state index in [9.17, 15) is 14.4 Å². The van der Waals surface area contributed by atoms with Crippen LogP contribution < -0.4 is 0 Å². The Morgan fingerprint density at radius 1 is 0.308 bits per heavy atom. The molecule has 0 saturated carbocycles. The van der Waals surface area contributed by atoms with Gasteiger partial charge in [0.05, 0.1) is 0 Å². The van der Waals surface area contributed by atoms with Gasteiger partial charge in [-0.05, 0) is 83.5 Å². The molecule has 378 valence electrons. The molecule has 0 aromatic rings. The number of hydrogen-bond donors (Lipinski definition) is 0. The van der Waals surface area contributed by atoms with Crippen molar-refractivity contribution in [2.75, 3.05) is 13.2 Å². The smallest absolute Gasteiger partial charge is 0.306 e. The van der Waals surface area contributed by atoms with Gasteiger partial charge in [-0.1, -0.05) is 236 Å². The molecule has 0 aliphatic carbocycles. The molecular formula is C59H106O6. The van der Waals surface area contributed by atoms with Crippen LogP contribution in [0.4, 0.5) is 0 Å². The van der Waals surface area contributed by atoms with Gasteiger partial charge in [0.25, 0.3) is 0 Å². The second-order valence-electron chi connectivity index (χ2n) is 18.8. The molecule has 0 bridgehead atoms. The molecule has 0 unspecified atom stereocenters. The van der Waals surface area contributed by atoms with Gasteiger partial charge in [0, 0.05) is 19.3 Å². The zero-order valence-electron chi connectivity index (χ0n) is 43.3. The molecule has 0 N–H and O–H groups in total. The van der Waals surface area contributed by atoms with Crippen molar-refractivity contribution in [3.63, 3.8) is 0 Å². The van der Waals surface area contributed by atoms with Gasteiger partial charge in [-0.3, -0.25) is 14.4 Å². The van der Waals surface area contributed by atoms with Crippen molar-refractivity contribution in [2.45, 2.75) is 297 Å². The summed E-state index contributed by atoms with van der Waals surface area (Å²) in [7, 11) is 0. The van der Waals surface area contributed by atoms with Crippen LogP contribution in [0.1, 0.15) is 290 Å². The van der Waals surface area contributed by atoms with Gasteiger partial charge >= 0.3 is 17.9 Å². The molecule has 0 aliphatic rings. The molecule has 0 heterocycles. The first-order chi connectivity index (χ1) is 32.0. The molecule has 0 amide bonds. The Bertz CT molecular complexity index is 1140. The summed E-state index contributed by atoms with van der Waals surface area (Å²) in [5.41, 5.74) is 0. The summed E-state index contributed by atoms with van der Waals surface area (Å²) >= 11 is 0. The summed E-state index contributed by atoms with van der Waals surface area (Å²) in [6, 6.07) is 0. The number of esters is 3. The minimum Gasteiger partial charge on any atom is -0.462 e. The van der Waals surface area contributed by atoms with Crippen molar-refractivity contribution in [1.29, 1.82) is 0 Å². The molecular weight excluding hydrogens is 805 g/mol.